The molecule has 0 aliphatic rings. The molecule has 0 fully saturated rings. The van der Waals surface area contributed by atoms with Crippen LogP contribution < -0.4 is 14.2 Å². The first-order valence-electron chi connectivity index (χ1n) is 7.24. The molecule has 7 heteroatoms. The van der Waals surface area contributed by atoms with Crippen molar-refractivity contribution in [3.63, 3.8) is 0 Å². The number of hydrogen-bond acceptors (Lipinski definition) is 6. The third-order valence-electron chi connectivity index (χ3n) is 2.58. The van der Waals surface area contributed by atoms with E-state index < -0.39 is 0 Å². The van der Waals surface area contributed by atoms with Crippen molar-refractivity contribution in [3.05, 3.63) is 48.5 Å². The molecule has 0 unspecified atom stereocenters. The summed E-state index contributed by atoms with van der Waals surface area (Å²) in [5.74, 6) is 2.61. The number of hydrogen-bond donors (Lipinski definition) is 1. The molecule has 0 radical (unpaired) electrons. The predicted molar refractivity (Wildman–Crippen MR) is 97.9 cm³/mol. The number of rotatable bonds is 6. The van der Waals surface area contributed by atoms with Crippen LogP contribution in [0.4, 0.5) is 0 Å². The zero-order chi connectivity index (χ0) is 18.9. The molecule has 25 heavy (non-hydrogen) atoms. The highest BCUT2D eigenvalue weighted by Gasteiger charge is 1.93. The Morgan fingerprint density at radius 2 is 1.12 bits per heavy atom. The molecule has 2 rings (SSSR count). The predicted octanol–water partition coefficient (Wildman–Crippen LogP) is 3.91. The maximum Gasteiger partial charge on any atom is 0.188 e. The van der Waals surface area contributed by atoms with Gasteiger partial charge in [0.05, 0.1) is 14.2 Å². The van der Waals surface area contributed by atoms with Crippen LogP contribution in [-0.4, -0.2) is 46.4 Å². The third-order valence-corrected chi connectivity index (χ3v) is 2.80. The summed E-state index contributed by atoms with van der Waals surface area (Å²) in [6.45, 7) is 0.270. The van der Waals surface area contributed by atoms with Crippen LogP contribution in [0.3, 0.4) is 0 Å². The van der Waals surface area contributed by atoms with Crippen LogP contribution in [0, 0.1) is 0 Å². The molecule has 0 saturated carbocycles. The fourth-order valence-corrected chi connectivity index (χ4v) is 1.38. The Morgan fingerprint density at radius 3 is 1.48 bits per heavy atom. The molecule has 6 nitrogen and oxygen atoms in total. The minimum Gasteiger partial charge on any atom is -0.508 e. The standard InChI is InChI=1S/C9H12O3.C7H8O2.C2H5ClO/c1-10-7-12-9-5-3-8(11-2)4-6-9;1-9-7-4-2-6(8)3-5-7;1-4-2-3/h3-6H,7H2,1-2H3;2-5,8H,1H3;2H2,1H3. The fraction of sp³-hybridized carbons (Fsp3) is 0.333. The average Bonchev–Trinajstić information content (AvgIpc) is 2.68. The topological polar surface area (TPSA) is 66.4 Å². The largest absolute Gasteiger partial charge is 0.508 e. The first-order chi connectivity index (χ1) is 12.1. The zero-order valence-corrected chi connectivity index (χ0v) is 15.7. The quantitative estimate of drug-likeness (QED) is 0.612. The summed E-state index contributed by atoms with van der Waals surface area (Å²) in [4.78, 5) is 0. The van der Waals surface area contributed by atoms with Gasteiger partial charge in [-0.25, -0.2) is 0 Å². The molecule has 0 spiro atoms. The van der Waals surface area contributed by atoms with Gasteiger partial charge in [-0.1, -0.05) is 11.6 Å². The van der Waals surface area contributed by atoms with Gasteiger partial charge < -0.3 is 28.8 Å². The van der Waals surface area contributed by atoms with E-state index in [1.807, 2.05) is 24.3 Å². The van der Waals surface area contributed by atoms with Crippen molar-refractivity contribution in [1.82, 2.24) is 0 Å². The fourth-order valence-electron chi connectivity index (χ4n) is 1.38. The molecule has 0 amide bonds. The SMILES string of the molecule is COCCl.COCOc1ccc(OC)cc1.COc1ccc(O)cc1. The van der Waals surface area contributed by atoms with Gasteiger partial charge in [-0.2, -0.15) is 0 Å². The first kappa shape index (κ1) is 22.9. The van der Waals surface area contributed by atoms with Crippen LogP contribution in [0.15, 0.2) is 48.5 Å². The van der Waals surface area contributed by atoms with Gasteiger partial charge in [0.25, 0.3) is 0 Å². The van der Waals surface area contributed by atoms with E-state index in [1.165, 1.54) is 0 Å². The Balaban J connectivity index is 0.000000391. The van der Waals surface area contributed by atoms with Crippen molar-refractivity contribution >= 4 is 11.6 Å². The van der Waals surface area contributed by atoms with E-state index in [1.54, 1.807) is 52.7 Å². The van der Waals surface area contributed by atoms with Crippen molar-refractivity contribution in [2.45, 2.75) is 0 Å². The lowest BCUT2D eigenvalue weighted by atomic mass is 10.3. The Hall–Kier alpha value is -2.15. The maximum absolute atomic E-state index is 8.80. The molecule has 0 aliphatic heterocycles. The zero-order valence-electron chi connectivity index (χ0n) is 14.9. The second-order valence-electron chi connectivity index (χ2n) is 4.32. The first-order valence-corrected chi connectivity index (χ1v) is 7.78. The molecule has 0 heterocycles. The number of ether oxygens (including phenoxy) is 5. The van der Waals surface area contributed by atoms with E-state index in [2.05, 4.69) is 4.74 Å². The summed E-state index contributed by atoms with van der Waals surface area (Å²) in [5.41, 5.74) is 0. The Bertz CT molecular complexity index is 528. The third kappa shape index (κ3) is 11.9. The molecule has 2 aromatic rings. The molecule has 0 saturated heterocycles. The van der Waals surface area contributed by atoms with E-state index in [9.17, 15) is 0 Å². The Labute approximate surface area is 153 Å². The van der Waals surface area contributed by atoms with Gasteiger partial charge in [0.1, 0.15) is 29.1 Å². The van der Waals surface area contributed by atoms with Crippen molar-refractivity contribution in [2.24, 2.45) is 0 Å². The van der Waals surface area contributed by atoms with Crippen molar-refractivity contribution in [3.8, 4) is 23.0 Å². The van der Waals surface area contributed by atoms with Crippen molar-refractivity contribution < 1.29 is 28.8 Å². The Morgan fingerprint density at radius 1 is 0.720 bits per heavy atom. The van der Waals surface area contributed by atoms with Gasteiger partial charge in [0, 0.05) is 14.2 Å². The van der Waals surface area contributed by atoms with Gasteiger partial charge in [-0.15, -0.1) is 0 Å². The molecule has 140 valence electrons. The molecule has 0 atom stereocenters. The van der Waals surface area contributed by atoms with Crippen LogP contribution in [0.2, 0.25) is 0 Å². The van der Waals surface area contributed by atoms with Crippen LogP contribution in [0.25, 0.3) is 0 Å². The lowest BCUT2D eigenvalue weighted by Crippen LogP contribution is -1.98. The van der Waals surface area contributed by atoms with E-state index in [0.717, 1.165) is 17.2 Å². The summed E-state index contributed by atoms with van der Waals surface area (Å²) in [5, 5.41) is 8.80. The lowest BCUT2D eigenvalue weighted by molar-refractivity contribution is 0.0511. The highest BCUT2D eigenvalue weighted by molar-refractivity contribution is 6.17. The molecule has 0 bridgehead atoms. The second kappa shape index (κ2) is 15.4. The van der Waals surface area contributed by atoms with Crippen LogP contribution in [0.5, 0.6) is 23.0 Å². The minimum absolute atomic E-state index is 0.260. The number of aromatic hydroxyl groups is 1. The monoisotopic (exact) mass is 372 g/mol. The minimum atomic E-state index is 0.260. The number of alkyl halides is 1. The molecular weight excluding hydrogens is 348 g/mol. The van der Waals surface area contributed by atoms with E-state index in [4.69, 9.17) is 35.7 Å². The number of phenolic OH excluding ortho intramolecular Hbond substituents is 1. The Kier molecular flexibility index (Phi) is 14.1. The molecule has 1 N–H and O–H groups in total. The number of methoxy groups -OCH3 is 4. The van der Waals surface area contributed by atoms with E-state index >= 15 is 0 Å². The molecule has 2 aromatic carbocycles. The number of benzene rings is 2. The summed E-state index contributed by atoms with van der Waals surface area (Å²) in [6, 6.07) is 14.2. The van der Waals surface area contributed by atoms with E-state index in [-0.39, 0.29) is 12.5 Å². The maximum atomic E-state index is 8.80. The van der Waals surface area contributed by atoms with E-state index in [0.29, 0.717) is 6.07 Å². The second-order valence-corrected chi connectivity index (χ2v) is 4.54. The molecule has 0 aliphatic carbocycles. The van der Waals surface area contributed by atoms with Gasteiger partial charge in [-0.05, 0) is 48.5 Å². The van der Waals surface area contributed by atoms with Crippen LogP contribution in [0.1, 0.15) is 0 Å². The summed E-state index contributed by atoms with van der Waals surface area (Å²) in [6.07, 6.45) is 0. The molecule has 0 aromatic heterocycles. The van der Waals surface area contributed by atoms with Gasteiger partial charge >= 0.3 is 0 Å². The average molecular weight is 373 g/mol. The van der Waals surface area contributed by atoms with Gasteiger partial charge in [0.15, 0.2) is 6.79 Å². The van der Waals surface area contributed by atoms with Crippen molar-refractivity contribution in [2.75, 3.05) is 41.3 Å². The lowest BCUT2D eigenvalue weighted by Gasteiger charge is -2.04. The smallest absolute Gasteiger partial charge is 0.188 e. The van der Waals surface area contributed by atoms with Gasteiger partial charge in [-0.3, -0.25) is 0 Å². The summed E-state index contributed by atoms with van der Waals surface area (Å²) >= 11 is 4.96. The highest BCUT2D eigenvalue weighted by Crippen LogP contribution is 2.16. The summed E-state index contributed by atoms with van der Waals surface area (Å²) < 4.78 is 24.1. The summed E-state index contributed by atoms with van der Waals surface area (Å²) in [7, 11) is 6.36. The van der Waals surface area contributed by atoms with Crippen LogP contribution >= 0.6 is 11.6 Å². The van der Waals surface area contributed by atoms with Gasteiger partial charge in [0.2, 0.25) is 0 Å². The molecular formula is C18H25ClO6. The normalized spacial score (nSPS) is 9.00. The van der Waals surface area contributed by atoms with Crippen LogP contribution in [-0.2, 0) is 9.47 Å². The number of phenols is 1. The number of halogens is 1. The van der Waals surface area contributed by atoms with Crippen molar-refractivity contribution in [1.29, 1.82) is 0 Å². The highest BCUT2D eigenvalue weighted by atomic mass is 35.5.